The van der Waals surface area contributed by atoms with E-state index in [0.29, 0.717) is 12.2 Å². The number of hydrogen-bond donors (Lipinski definition) is 3. The largest absolute Gasteiger partial charge is 0.508 e. The summed E-state index contributed by atoms with van der Waals surface area (Å²) >= 11 is 3.99. The van der Waals surface area contributed by atoms with Crippen LogP contribution >= 0.6 is 23.5 Å². The molecule has 0 unspecified atom stereocenters. The highest BCUT2D eigenvalue weighted by molar-refractivity contribution is 8.18. The highest BCUT2D eigenvalue weighted by atomic mass is 32.2. The molecule has 1 saturated heterocycles. The maximum Gasteiger partial charge on any atom is 0.115 e. The molecule has 0 aromatic heterocycles. The van der Waals surface area contributed by atoms with Crippen LogP contribution in [-0.2, 0) is 6.42 Å². The van der Waals surface area contributed by atoms with Gasteiger partial charge in [0.05, 0.1) is 16.3 Å². The van der Waals surface area contributed by atoms with Crippen LogP contribution in [0.5, 0.6) is 5.75 Å². The van der Waals surface area contributed by atoms with Gasteiger partial charge in [-0.05, 0) is 67.7 Å². The second-order valence-electron chi connectivity index (χ2n) is 10.2. The van der Waals surface area contributed by atoms with Gasteiger partial charge in [-0.2, -0.15) is 0 Å². The van der Waals surface area contributed by atoms with Crippen molar-refractivity contribution < 1.29 is 15.3 Å². The van der Waals surface area contributed by atoms with E-state index in [1.165, 1.54) is 76.2 Å². The van der Waals surface area contributed by atoms with E-state index < -0.39 is 6.10 Å². The van der Waals surface area contributed by atoms with Crippen LogP contribution < -0.4 is 0 Å². The van der Waals surface area contributed by atoms with Crippen molar-refractivity contribution in [1.82, 2.24) is 0 Å². The molecule has 0 amide bonds. The fourth-order valence-corrected chi connectivity index (χ4v) is 8.35. The first-order valence-corrected chi connectivity index (χ1v) is 15.9. The molecule has 1 fully saturated rings. The third-order valence-corrected chi connectivity index (χ3v) is 10.5. The average molecular weight is 511 g/mol. The molecule has 0 radical (unpaired) electrons. The summed E-state index contributed by atoms with van der Waals surface area (Å²) in [6.07, 6.45) is 18.9. The Morgan fingerprint density at radius 2 is 1.35 bits per heavy atom. The minimum absolute atomic E-state index is 0.0335. The Morgan fingerprint density at radius 3 is 1.94 bits per heavy atom. The highest BCUT2D eigenvalue weighted by Crippen LogP contribution is 2.49. The van der Waals surface area contributed by atoms with E-state index in [9.17, 15) is 15.3 Å². The summed E-state index contributed by atoms with van der Waals surface area (Å²) in [5.41, 5.74) is 1.23. The second-order valence-corrected chi connectivity index (χ2v) is 13.4. The lowest BCUT2D eigenvalue weighted by molar-refractivity contribution is 0.0675. The Labute approximate surface area is 217 Å². The predicted molar refractivity (Wildman–Crippen MR) is 151 cm³/mol. The zero-order valence-corrected chi connectivity index (χ0v) is 23.2. The van der Waals surface area contributed by atoms with Gasteiger partial charge in [0.15, 0.2) is 0 Å². The molecule has 0 aliphatic carbocycles. The van der Waals surface area contributed by atoms with Crippen molar-refractivity contribution in [2.24, 2.45) is 0 Å². The minimum Gasteiger partial charge on any atom is -0.508 e. The molecule has 2 atom stereocenters. The number of phenols is 1. The Kier molecular flexibility index (Phi) is 15.8. The fraction of sp³-hybridized carbons (Fsp3) is 0.793. The normalized spacial score (nSPS) is 17.5. The van der Waals surface area contributed by atoms with Gasteiger partial charge < -0.3 is 15.3 Å². The summed E-state index contributed by atoms with van der Waals surface area (Å²) in [4.78, 5) is 0. The number of aryl methyl sites for hydroxylation is 1. The number of phenolic OH excluding ortho intramolecular Hbond substituents is 1. The van der Waals surface area contributed by atoms with Crippen molar-refractivity contribution in [3.63, 3.8) is 0 Å². The zero-order chi connectivity index (χ0) is 24.5. The van der Waals surface area contributed by atoms with E-state index in [-0.39, 0.29) is 10.2 Å². The number of aliphatic hydroxyl groups excluding tert-OH is 2. The lowest BCUT2D eigenvalue weighted by Crippen LogP contribution is -2.32. The van der Waals surface area contributed by atoms with Gasteiger partial charge in [-0.3, -0.25) is 0 Å². The van der Waals surface area contributed by atoms with Crippen molar-refractivity contribution in [3.8, 4) is 5.75 Å². The summed E-state index contributed by atoms with van der Waals surface area (Å²) in [6.45, 7) is 2.27. The fourth-order valence-electron chi connectivity index (χ4n) is 4.90. The molecule has 1 aliphatic heterocycles. The van der Waals surface area contributed by atoms with Crippen LogP contribution in [0.15, 0.2) is 24.3 Å². The standard InChI is InChI=1S/C29H50O3S2/c1-2-3-4-5-6-7-8-9-10-11-12-14-27(31)23-28(32)24-29(33-21-13-22-34-29)20-19-25-15-17-26(30)18-16-25/h15-18,27-28,30-32H,2-14,19-24H2,1H3/t27-,28-/m1/s1. The molecule has 5 heteroatoms. The molecule has 34 heavy (non-hydrogen) atoms. The van der Waals surface area contributed by atoms with Gasteiger partial charge in [-0.25, -0.2) is 0 Å². The molecule has 0 saturated carbocycles. The summed E-state index contributed by atoms with van der Waals surface area (Å²) in [7, 11) is 0. The third-order valence-electron chi connectivity index (χ3n) is 6.98. The van der Waals surface area contributed by atoms with E-state index in [2.05, 4.69) is 6.92 Å². The van der Waals surface area contributed by atoms with Crippen LogP contribution in [0.2, 0.25) is 0 Å². The molecule has 196 valence electrons. The average Bonchev–Trinajstić information content (AvgIpc) is 2.82. The van der Waals surface area contributed by atoms with Gasteiger partial charge in [-0.15, -0.1) is 23.5 Å². The van der Waals surface area contributed by atoms with Crippen molar-refractivity contribution in [2.45, 2.75) is 132 Å². The first kappa shape index (κ1) is 29.9. The number of thioether (sulfide) groups is 2. The highest BCUT2D eigenvalue weighted by Gasteiger charge is 2.36. The molecule has 1 aromatic carbocycles. The molecule has 2 rings (SSSR count). The Bertz CT molecular complexity index is 616. The minimum atomic E-state index is -0.444. The quantitative estimate of drug-likeness (QED) is 0.164. The van der Waals surface area contributed by atoms with Gasteiger partial charge in [0.1, 0.15) is 5.75 Å². The van der Waals surface area contributed by atoms with Crippen LogP contribution in [0.3, 0.4) is 0 Å². The second kappa shape index (κ2) is 18.0. The number of unbranched alkanes of at least 4 members (excludes halogenated alkanes) is 10. The third kappa shape index (κ3) is 13.1. The van der Waals surface area contributed by atoms with Crippen molar-refractivity contribution >= 4 is 23.5 Å². The number of aliphatic hydroxyl groups is 2. The number of hydrogen-bond acceptors (Lipinski definition) is 5. The molecule has 0 bridgehead atoms. The van der Waals surface area contributed by atoms with Gasteiger partial charge >= 0.3 is 0 Å². The van der Waals surface area contributed by atoms with Crippen LogP contribution in [0.4, 0.5) is 0 Å². The molecule has 0 spiro atoms. The molecular weight excluding hydrogens is 460 g/mol. The van der Waals surface area contributed by atoms with Gasteiger partial charge in [0.2, 0.25) is 0 Å². The maximum absolute atomic E-state index is 10.8. The smallest absolute Gasteiger partial charge is 0.115 e. The lowest BCUT2D eigenvalue weighted by atomic mass is 9.98. The summed E-state index contributed by atoms with van der Waals surface area (Å²) in [5.74, 6) is 2.61. The Balaban J connectivity index is 1.60. The number of aromatic hydroxyl groups is 1. The zero-order valence-electron chi connectivity index (χ0n) is 21.6. The SMILES string of the molecule is CCCCCCCCCCCCC[C@@H](O)C[C@@H](O)CC1(CCc2ccc(O)cc2)SCCCS1. The van der Waals surface area contributed by atoms with Crippen molar-refractivity contribution in [2.75, 3.05) is 11.5 Å². The van der Waals surface area contributed by atoms with Gasteiger partial charge in [0, 0.05) is 0 Å². The summed E-state index contributed by atoms with van der Waals surface area (Å²) in [5, 5.41) is 30.9. The summed E-state index contributed by atoms with van der Waals surface area (Å²) < 4.78 is 0.0335. The van der Waals surface area contributed by atoms with Gasteiger partial charge in [0.25, 0.3) is 0 Å². The molecule has 1 aromatic rings. The van der Waals surface area contributed by atoms with E-state index in [1.54, 1.807) is 12.1 Å². The van der Waals surface area contributed by atoms with Crippen LogP contribution in [0, 0.1) is 0 Å². The van der Waals surface area contributed by atoms with E-state index in [1.807, 2.05) is 35.7 Å². The van der Waals surface area contributed by atoms with E-state index in [0.717, 1.165) is 43.6 Å². The molecule has 3 nitrogen and oxygen atoms in total. The Hall–Kier alpha value is -0.360. The van der Waals surface area contributed by atoms with Crippen LogP contribution in [0.1, 0.15) is 115 Å². The van der Waals surface area contributed by atoms with E-state index in [4.69, 9.17) is 0 Å². The molecular formula is C29H50O3S2. The first-order chi connectivity index (χ1) is 16.5. The molecule has 3 N–H and O–H groups in total. The molecule has 1 heterocycles. The lowest BCUT2D eigenvalue weighted by Gasteiger charge is -2.38. The van der Waals surface area contributed by atoms with Crippen molar-refractivity contribution in [3.05, 3.63) is 29.8 Å². The van der Waals surface area contributed by atoms with Crippen LogP contribution in [-0.4, -0.2) is 43.1 Å². The van der Waals surface area contributed by atoms with Crippen LogP contribution in [0.25, 0.3) is 0 Å². The predicted octanol–water partition coefficient (Wildman–Crippen LogP) is 8.09. The Morgan fingerprint density at radius 1 is 0.794 bits per heavy atom. The maximum atomic E-state index is 10.8. The van der Waals surface area contributed by atoms with E-state index >= 15 is 0 Å². The number of benzene rings is 1. The van der Waals surface area contributed by atoms with Crippen molar-refractivity contribution in [1.29, 1.82) is 0 Å². The summed E-state index contributed by atoms with van der Waals surface area (Å²) in [6, 6.07) is 7.50. The first-order valence-electron chi connectivity index (χ1n) is 13.9. The number of rotatable bonds is 19. The molecule has 1 aliphatic rings. The topological polar surface area (TPSA) is 60.7 Å². The van der Waals surface area contributed by atoms with Gasteiger partial charge in [-0.1, -0.05) is 89.7 Å². The monoisotopic (exact) mass is 510 g/mol.